The van der Waals surface area contributed by atoms with Gasteiger partial charge in [0.05, 0.1) is 17.8 Å². The van der Waals surface area contributed by atoms with Crippen LogP contribution in [0, 0.1) is 0 Å². The number of carbonyl (C=O) groups is 3. The molecule has 0 aliphatic rings. The summed E-state index contributed by atoms with van der Waals surface area (Å²) in [5.41, 5.74) is 1.20. The van der Waals surface area contributed by atoms with Gasteiger partial charge in [-0.15, -0.1) is 0 Å². The number of hydrogen-bond donors (Lipinski definition) is 4. The van der Waals surface area contributed by atoms with Crippen LogP contribution in [0.5, 0.6) is 0 Å². The first-order valence-electron chi connectivity index (χ1n) is 8.36. The largest absolute Gasteiger partial charge is 0.341 e. The summed E-state index contributed by atoms with van der Waals surface area (Å²) in [7, 11) is 3.14. The quantitative estimate of drug-likeness (QED) is 0.593. The van der Waals surface area contributed by atoms with Crippen LogP contribution in [0.1, 0.15) is 11.6 Å². The number of benzene rings is 2. The standard InChI is InChI=1S/C19H21ClN4O3/c1-21-19(27)23-18(26)17(13-8-4-3-5-9-13)24(2)12-16(25)22-15-11-7-6-10-14(15)20/h3-11,17H,12H2,1-2H3,(H,22,25)(H2,21,23,26,27)/p+1/t17-/m0/s1. The summed E-state index contributed by atoms with van der Waals surface area (Å²) in [6, 6.07) is 14.6. The molecule has 0 spiro atoms. The Morgan fingerprint density at radius 2 is 1.67 bits per heavy atom. The van der Waals surface area contributed by atoms with Gasteiger partial charge in [0.25, 0.3) is 11.8 Å². The van der Waals surface area contributed by atoms with Crippen LogP contribution in [-0.4, -0.2) is 38.5 Å². The molecule has 0 saturated heterocycles. The third-order valence-electron chi connectivity index (χ3n) is 3.94. The molecular formula is C19H22ClN4O3+. The molecule has 142 valence electrons. The van der Waals surface area contributed by atoms with Gasteiger partial charge in [0, 0.05) is 12.6 Å². The van der Waals surface area contributed by atoms with Crippen molar-refractivity contribution in [3.63, 3.8) is 0 Å². The molecule has 2 aromatic carbocycles. The zero-order valence-corrected chi connectivity index (χ0v) is 15.8. The zero-order valence-electron chi connectivity index (χ0n) is 15.1. The zero-order chi connectivity index (χ0) is 19.8. The fourth-order valence-electron chi connectivity index (χ4n) is 2.66. The number of amides is 4. The first-order chi connectivity index (χ1) is 12.9. The monoisotopic (exact) mass is 389 g/mol. The lowest BCUT2D eigenvalue weighted by Gasteiger charge is -2.24. The van der Waals surface area contributed by atoms with E-state index >= 15 is 0 Å². The molecule has 0 saturated carbocycles. The van der Waals surface area contributed by atoms with E-state index in [0.29, 0.717) is 21.2 Å². The summed E-state index contributed by atoms with van der Waals surface area (Å²) in [4.78, 5) is 37.2. The van der Waals surface area contributed by atoms with Crippen molar-refractivity contribution in [3.05, 3.63) is 65.2 Å². The van der Waals surface area contributed by atoms with Crippen molar-refractivity contribution in [2.45, 2.75) is 6.04 Å². The number of hydrogen-bond acceptors (Lipinski definition) is 3. The molecule has 27 heavy (non-hydrogen) atoms. The highest BCUT2D eigenvalue weighted by Gasteiger charge is 2.31. The van der Waals surface area contributed by atoms with Crippen molar-refractivity contribution in [2.75, 3.05) is 26.0 Å². The summed E-state index contributed by atoms with van der Waals surface area (Å²) in [5, 5.41) is 7.79. The topological polar surface area (TPSA) is 91.7 Å². The number of rotatable bonds is 6. The van der Waals surface area contributed by atoms with Crippen LogP contribution in [0.3, 0.4) is 0 Å². The lowest BCUT2D eigenvalue weighted by atomic mass is 10.0. The van der Waals surface area contributed by atoms with Crippen LogP contribution >= 0.6 is 11.6 Å². The van der Waals surface area contributed by atoms with Gasteiger partial charge in [0.15, 0.2) is 12.6 Å². The maximum Gasteiger partial charge on any atom is 0.321 e. The van der Waals surface area contributed by atoms with E-state index in [1.807, 2.05) is 6.07 Å². The third kappa shape index (κ3) is 5.80. The molecule has 0 aliphatic carbocycles. The minimum absolute atomic E-state index is 0.00590. The number of anilines is 1. The van der Waals surface area contributed by atoms with E-state index in [0.717, 1.165) is 0 Å². The fraction of sp³-hybridized carbons (Fsp3) is 0.211. The Morgan fingerprint density at radius 3 is 2.30 bits per heavy atom. The second-order valence-electron chi connectivity index (χ2n) is 5.96. The summed E-state index contributed by atoms with van der Waals surface area (Å²) in [6.07, 6.45) is 0. The van der Waals surface area contributed by atoms with Gasteiger partial charge in [-0.05, 0) is 12.1 Å². The number of halogens is 1. The summed E-state index contributed by atoms with van der Waals surface area (Å²) in [5.74, 6) is -0.794. The number of nitrogens with one attached hydrogen (secondary N) is 4. The van der Waals surface area contributed by atoms with Crippen LogP contribution in [0.25, 0.3) is 0 Å². The van der Waals surface area contributed by atoms with Crippen LogP contribution in [0.15, 0.2) is 54.6 Å². The summed E-state index contributed by atoms with van der Waals surface area (Å²) < 4.78 is 0. The molecule has 0 aromatic heterocycles. The molecule has 8 heteroatoms. The molecule has 0 radical (unpaired) electrons. The second-order valence-corrected chi connectivity index (χ2v) is 6.37. The predicted octanol–water partition coefficient (Wildman–Crippen LogP) is 0.990. The predicted molar refractivity (Wildman–Crippen MR) is 104 cm³/mol. The van der Waals surface area contributed by atoms with Gasteiger partial charge in [-0.25, -0.2) is 4.79 Å². The number of quaternary nitrogens is 1. The van der Waals surface area contributed by atoms with Crippen molar-refractivity contribution in [2.24, 2.45) is 0 Å². The SMILES string of the molecule is CNC(=O)NC(=O)[C@H](c1ccccc1)[NH+](C)CC(=O)Nc1ccccc1Cl. The fourth-order valence-corrected chi connectivity index (χ4v) is 2.85. The molecule has 0 bridgehead atoms. The molecule has 0 fully saturated rings. The molecule has 0 aliphatic heterocycles. The molecule has 2 rings (SSSR count). The normalized spacial score (nSPS) is 12.6. The molecular weight excluding hydrogens is 368 g/mol. The summed E-state index contributed by atoms with van der Waals surface area (Å²) in [6.45, 7) is 0.00590. The Balaban J connectivity index is 2.14. The van der Waals surface area contributed by atoms with E-state index in [9.17, 15) is 14.4 Å². The molecule has 1 unspecified atom stereocenters. The third-order valence-corrected chi connectivity index (χ3v) is 4.27. The first kappa shape index (κ1) is 20.4. The van der Waals surface area contributed by atoms with E-state index in [2.05, 4.69) is 16.0 Å². The van der Waals surface area contributed by atoms with Crippen molar-refractivity contribution in [1.29, 1.82) is 0 Å². The maximum atomic E-state index is 12.6. The number of para-hydroxylation sites is 1. The van der Waals surface area contributed by atoms with Crippen LogP contribution < -0.4 is 20.9 Å². The first-order valence-corrected chi connectivity index (χ1v) is 8.74. The van der Waals surface area contributed by atoms with Gasteiger partial charge in [-0.2, -0.15) is 0 Å². The number of carbonyl (C=O) groups excluding carboxylic acids is 3. The van der Waals surface area contributed by atoms with Gasteiger partial charge in [-0.3, -0.25) is 14.9 Å². The maximum absolute atomic E-state index is 12.6. The lowest BCUT2D eigenvalue weighted by molar-refractivity contribution is -0.894. The van der Waals surface area contributed by atoms with E-state index in [1.54, 1.807) is 55.6 Å². The van der Waals surface area contributed by atoms with E-state index < -0.39 is 18.0 Å². The average Bonchev–Trinajstić information content (AvgIpc) is 2.64. The Bertz CT molecular complexity index is 814. The Kier molecular flexibility index (Phi) is 7.34. The van der Waals surface area contributed by atoms with E-state index in [-0.39, 0.29) is 12.5 Å². The van der Waals surface area contributed by atoms with Gasteiger partial charge < -0.3 is 15.5 Å². The second kappa shape index (κ2) is 9.70. The van der Waals surface area contributed by atoms with Crippen molar-refractivity contribution >= 4 is 35.1 Å². The van der Waals surface area contributed by atoms with Gasteiger partial charge >= 0.3 is 6.03 Å². The Hall–Kier alpha value is -2.90. The van der Waals surface area contributed by atoms with Crippen molar-refractivity contribution < 1.29 is 19.3 Å². The van der Waals surface area contributed by atoms with Crippen LogP contribution in [0.4, 0.5) is 10.5 Å². The molecule has 7 nitrogen and oxygen atoms in total. The minimum Gasteiger partial charge on any atom is -0.341 e. The molecule has 4 N–H and O–H groups in total. The van der Waals surface area contributed by atoms with E-state index in [4.69, 9.17) is 11.6 Å². The number of likely N-dealkylation sites (N-methyl/N-ethyl adjacent to an activating group) is 1. The molecule has 2 atom stereocenters. The number of imide groups is 1. The highest BCUT2D eigenvalue weighted by atomic mass is 35.5. The van der Waals surface area contributed by atoms with E-state index in [1.165, 1.54) is 7.05 Å². The minimum atomic E-state index is -0.736. The van der Waals surface area contributed by atoms with Crippen molar-refractivity contribution in [1.82, 2.24) is 10.6 Å². The van der Waals surface area contributed by atoms with Crippen LogP contribution in [-0.2, 0) is 9.59 Å². The lowest BCUT2D eigenvalue weighted by Crippen LogP contribution is -3.11. The number of urea groups is 1. The van der Waals surface area contributed by atoms with Gasteiger partial charge in [0.2, 0.25) is 0 Å². The highest BCUT2D eigenvalue weighted by molar-refractivity contribution is 6.33. The average molecular weight is 390 g/mol. The smallest absolute Gasteiger partial charge is 0.321 e. The van der Waals surface area contributed by atoms with Crippen molar-refractivity contribution in [3.8, 4) is 0 Å². The Morgan fingerprint density at radius 1 is 1.04 bits per heavy atom. The molecule has 4 amide bonds. The molecule has 0 heterocycles. The summed E-state index contributed by atoms with van der Waals surface area (Å²) >= 11 is 6.06. The molecule has 2 aromatic rings. The van der Waals surface area contributed by atoms with Gasteiger partial charge in [-0.1, -0.05) is 54.1 Å². The highest BCUT2D eigenvalue weighted by Crippen LogP contribution is 2.20. The van der Waals surface area contributed by atoms with Gasteiger partial charge in [0.1, 0.15) is 0 Å². The Labute approximate surface area is 162 Å². The van der Waals surface area contributed by atoms with Crippen LogP contribution in [0.2, 0.25) is 5.02 Å².